The molecular formula is C36H18N6. The van der Waals surface area contributed by atoms with Crippen molar-refractivity contribution >= 4 is 87.5 Å². The van der Waals surface area contributed by atoms with Gasteiger partial charge >= 0.3 is 5.95 Å². The zero-order valence-electron chi connectivity index (χ0n) is 22.1. The summed E-state index contributed by atoms with van der Waals surface area (Å²) in [5.74, 6) is 0.746. The quantitative estimate of drug-likeness (QED) is 0.198. The summed E-state index contributed by atoms with van der Waals surface area (Å²) in [6.45, 7) is 7.93. The first-order valence-electron chi connectivity index (χ1n) is 13.8. The molecule has 0 spiro atoms. The lowest BCUT2D eigenvalue weighted by Crippen LogP contribution is -2.02. The van der Waals surface area contributed by atoms with Crippen molar-refractivity contribution in [1.29, 1.82) is 0 Å². The molecule has 6 heteroatoms. The molecule has 0 saturated carbocycles. The summed E-state index contributed by atoms with van der Waals surface area (Å²) < 4.78 is 4.54. The van der Waals surface area contributed by atoms with E-state index >= 15 is 0 Å². The van der Waals surface area contributed by atoms with Gasteiger partial charge in [-0.3, -0.25) is 4.57 Å². The summed E-state index contributed by atoms with van der Waals surface area (Å²) in [7, 11) is 0. The number of aromatic nitrogens is 5. The summed E-state index contributed by atoms with van der Waals surface area (Å²) in [5.41, 5.74) is 6.08. The number of fused-ring (bicyclic) bond motifs is 13. The van der Waals surface area contributed by atoms with Gasteiger partial charge in [-0.1, -0.05) is 84.4 Å². The molecule has 0 unspecified atom stereocenters. The zero-order valence-corrected chi connectivity index (χ0v) is 22.1. The first-order valence-corrected chi connectivity index (χ1v) is 13.8. The molecule has 5 aromatic heterocycles. The van der Waals surface area contributed by atoms with Crippen molar-refractivity contribution in [2.24, 2.45) is 0 Å². The largest absolute Gasteiger partial charge is 0.360 e. The molecule has 0 aliphatic heterocycles. The molecule has 0 radical (unpaired) electrons. The smallest absolute Gasteiger partial charge is 0.333 e. The Morgan fingerprint density at radius 3 is 2.17 bits per heavy atom. The standard InChI is InChI=1S/C36H18N6/c1-37-34-24-13-8-18-38-35(24)40-36(39-34)42-29-17-16-20-9-2-3-10-21(20)30(29)26-19-25-22-11-4-6-14-27(22)41-28-15-7-5-12-23(28)31(32(25)41)33(26)42/h2-19H. The number of hydrogen-bond acceptors (Lipinski definition) is 3. The zero-order chi connectivity index (χ0) is 27.5. The number of para-hydroxylation sites is 2. The Morgan fingerprint density at radius 1 is 0.571 bits per heavy atom. The lowest BCUT2D eigenvalue weighted by atomic mass is 10.0. The molecule has 0 atom stereocenters. The van der Waals surface area contributed by atoms with Gasteiger partial charge in [-0.25, -0.2) is 4.98 Å². The third kappa shape index (κ3) is 2.52. The van der Waals surface area contributed by atoms with Crippen molar-refractivity contribution < 1.29 is 0 Å². The second-order valence-corrected chi connectivity index (χ2v) is 10.8. The van der Waals surface area contributed by atoms with Crippen molar-refractivity contribution in [1.82, 2.24) is 23.9 Å². The van der Waals surface area contributed by atoms with Gasteiger partial charge in [0.15, 0.2) is 5.65 Å². The lowest BCUT2D eigenvalue weighted by molar-refractivity contribution is 1.01. The van der Waals surface area contributed by atoms with Crippen molar-refractivity contribution in [2.45, 2.75) is 0 Å². The van der Waals surface area contributed by atoms with E-state index in [4.69, 9.17) is 16.5 Å². The summed E-state index contributed by atoms with van der Waals surface area (Å²) in [6, 6.07) is 36.1. The van der Waals surface area contributed by atoms with Gasteiger partial charge in [-0.15, -0.1) is 0 Å². The predicted octanol–water partition coefficient (Wildman–Crippen LogP) is 8.98. The van der Waals surface area contributed by atoms with Crippen LogP contribution in [0.15, 0.2) is 109 Å². The van der Waals surface area contributed by atoms with Crippen LogP contribution in [0.4, 0.5) is 5.82 Å². The number of nitrogens with zero attached hydrogens (tertiary/aromatic N) is 6. The SMILES string of the molecule is [C-]#[N+]c1nc(-n2c3ccc4ccccc4c3c3cc4c5ccccc5n5c6ccccc6c(c32)c45)nc2ncccc12. The van der Waals surface area contributed by atoms with Crippen LogP contribution in [0.2, 0.25) is 0 Å². The molecule has 0 aliphatic rings. The van der Waals surface area contributed by atoms with Gasteiger partial charge in [0.05, 0.1) is 27.6 Å². The molecule has 10 aromatic rings. The van der Waals surface area contributed by atoms with Crippen molar-refractivity contribution in [3.8, 4) is 5.95 Å². The summed E-state index contributed by atoms with van der Waals surface area (Å²) in [4.78, 5) is 18.1. The molecule has 0 N–H and O–H groups in total. The van der Waals surface area contributed by atoms with E-state index in [2.05, 4.69) is 110 Å². The molecule has 5 heterocycles. The molecule has 5 aromatic carbocycles. The highest BCUT2D eigenvalue weighted by molar-refractivity contribution is 6.36. The summed E-state index contributed by atoms with van der Waals surface area (Å²) in [5, 5.41) is 10.1. The number of pyridine rings is 1. The Labute approximate surface area is 237 Å². The Balaban J connectivity index is 1.55. The van der Waals surface area contributed by atoms with Gasteiger partial charge in [0, 0.05) is 43.9 Å². The Hall–Kier alpha value is -6.06. The van der Waals surface area contributed by atoms with E-state index in [9.17, 15) is 0 Å². The van der Waals surface area contributed by atoms with Gasteiger partial charge in [0.1, 0.15) is 0 Å². The Bertz CT molecular complexity index is 2810. The molecule has 0 bridgehead atoms. The average molecular weight is 535 g/mol. The molecule has 42 heavy (non-hydrogen) atoms. The van der Waals surface area contributed by atoms with Crippen LogP contribution in [-0.4, -0.2) is 23.9 Å². The minimum absolute atomic E-state index is 0.297. The minimum Gasteiger partial charge on any atom is -0.360 e. The summed E-state index contributed by atoms with van der Waals surface area (Å²) >= 11 is 0. The average Bonchev–Trinajstić information content (AvgIpc) is 3.68. The molecule has 0 fully saturated rings. The minimum atomic E-state index is 0.297. The monoisotopic (exact) mass is 534 g/mol. The fourth-order valence-corrected chi connectivity index (χ4v) is 7.10. The van der Waals surface area contributed by atoms with E-state index in [-0.39, 0.29) is 0 Å². The van der Waals surface area contributed by atoms with E-state index in [1.165, 1.54) is 38.0 Å². The maximum Gasteiger partial charge on any atom is 0.333 e. The van der Waals surface area contributed by atoms with Crippen LogP contribution in [0.25, 0.3) is 92.5 Å². The second kappa shape index (κ2) is 7.57. The molecule has 10 rings (SSSR count). The van der Waals surface area contributed by atoms with E-state index in [0.717, 1.165) is 32.7 Å². The first kappa shape index (κ1) is 21.7. The first-order chi connectivity index (χ1) is 20.8. The van der Waals surface area contributed by atoms with Crippen LogP contribution < -0.4 is 0 Å². The Morgan fingerprint density at radius 2 is 1.31 bits per heavy atom. The maximum absolute atomic E-state index is 7.93. The molecule has 6 nitrogen and oxygen atoms in total. The number of hydrogen-bond donors (Lipinski definition) is 0. The van der Waals surface area contributed by atoms with Crippen LogP contribution in [-0.2, 0) is 0 Å². The van der Waals surface area contributed by atoms with Crippen LogP contribution in [0.5, 0.6) is 0 Å². The Kier molecular flexibility index (Phi) is 3.91. The van der Waals surface area contributed by atoms with Crippen LogP contribution in [0.1, 0.15) is 0 Å². The highest BCUT2D eigenvalue weighted by Gasteiger charge is 2.27. The van der Waals surface area contributed by atoms with Gasteiger partial charge < -0.3 is 9.25 Å². The number of rotatable bonds is 1. The van der Waals surface area contributed by atoms with Gasteiger partial charge in [-0.2, -0.15) is 4.98 Å². The predicted molar refractivity (Wildman–Crippen MR) is 170 cm³/mol. The fourth-order valence-electron chi connectivity index (χ4n) is 7.10. The lowest BCUT2D eigenvalue weighted by Gasteiger charge is -2.07. The number of benzene rings is 5. The van der Waals surface area contributed by atoms with Gasteiger partial charge in [-0.05, 0) is 41.1 Å². The van der Waals surface area contributed by atoms with Crippen LogP contribution >= 0.6 is 0 Å². The molecule has 0 aliphatic carbocycles. The van der Waals surface area contributed by atoms with Gasteiger partial charge in [0.2, 0.25) is 0 Å². The van der Waals surface area contributed by atoms with Crippen molar-refractivity contribution in [3.05, 3.63) is 121 Å². The van der Waals surface area contributed by atoms with E-state index < -0.39 is 0 Å². The normalized spacial score (nSPS) is 12.3. The van der Waals surface area contributed by atoms with Crippen molar-refractivity contribution in [3.63, 3.8) is 0 Å². The highest BCUT2D eigenvalue weighted by atomic mass is 15.2. The topological polar surface area (TPSA) is 52.4 Å². The van der Waals surface area contributed by atoms with Crippen molar-refractivity contribution in [2.75, 3.05) is 0 Å². The highest BCUT2D eigenvalue weighted by Crippen LogP contribution is 2.47. The van der Waals surface area contributed by atoms with Crippen LogP contribution in [0, 0.1) is 6.57 Å². The van der Waals surface area contributed by atoms with E-state index in [0.29, 0.717) is 22.8 Å². The molecule has 192 valence electrons. The van der Waals surface area contributed by atoms with E-state index in [1.807, 2.05) is 12.1 Å². The second-order valence-electron chi connectivity index (χ2n) is 10.8. The van der Waals surface area contributed by atoms with E-state index in [1.54, 1.807) is 6.20 Å². The van der Waals surface area contributed by atoms with Crippen LogP contribution in [0.3, 0.4) is 0 Å². The molecule has 0 amide bonds. The molecular weight excluding hydrogens is 516 g/mol. The summed E-state index contributed by atoms with van der Waals surface area (Å²) in [6.07, 6.45) is 1.71. The third-order valence-electron chi connectivity index (χ3n) is 8.73. The molecule has 0 saturated heterocycles. The third-order valence-corrected chi connectivity index (χ3v) is 8.73. The maximum atomic E-state index is 7.93. The van der Waals surface area contributed by atoms with Gasteiger partial charge in [0.25, 0.3) is 5.82 Å². The fraction of sp³-hybridized carbons (Fsp3) is 0.